The average molecular weight is 492 g/mol. The van der Waals surface area contributed by atoms with Crippen molar-refractivity contribution in [2.45, 2.75) is 46.0 Å². The van der Waals surface area contributed by atoms with Gasteiger partial charge in [-0.25, -0.2) is 0 Å². The molecule has 1 atom stereocenters. The van der Waals surface area contributed by atoms with Crippen molar-refractivity contribution in [1.29, 1.82) is 0 Å². The zero-order valence-corrected chi connectivity index (χ0v) is 20.9. The molecule has 9 heteroatoms. The molecule has 3 amide bonds. The zero-order chi connectivity index (χ0) is 24.9. The van der Waals surface area contributed by atoms with E-state index in [1.807, 2.05) is 45.0 Å². The molecule has 3 aromatic rings. The Morgan fingerprint density at radius 2 is 1.71 bits per heavy atom. The number of aryl methyl sites for hydroxylation is 1. The van der Waals surface area contributed by atoms with E-state index in [4.69, 9.17) is 0 Å². The summed E-state index contributed by atoms with van der Waals surface area (Å²) in [5.74, 6) is -0.362. The number of carbonyl (C=O) groups is 3. The fourth-order valence-electron chi connectivity index (χ4n) is 4.08. The van der Waals surface area contributed by atoms with E-state index >= 15 is 0 Å². The Balaban J connectivity index is 1.35. The molecule has 0 aliphatic carbocycles. The lowest BCUT2D eigenvalue weighted by Gasteiger charge is -2.16. The van der Waals surface area contributed by atoms with E-state index in [0.717, 1.165) is 29.1 Å². The predicted molar refractivity (Wildman–Crippen MR) is 138 cm³/mol. The van der Waals surface area contributed by atoms with Crippen LogP contribution in [0, 0.1) is 12.8 Å². The third kappa shape index (κ3) is 5.74. The monoisotopic (exact) mass is 491 g/mol. The SMILES string of the molecule is CCC(CC)C(=O)Nc1ccc(C(=O)Nc2nnc([C@@H]3CC(=O)N(c4ccc(C)cc4)C3)s2)cc1. The summed E-state index contributed by atoms with van der Waals surface area (Å²) in [6.07, 6.45) is 1.93. The van der Waals surface area contributed by atoms with Crippen LogP contribution >= 0.6 is 11.3 Å². The van der Waals surface area contributed by atoms with Crippen molar-refractivity contribution in [3.8, 4) is 0 Å². The second-order valence-electron chi connectivity index (χ2n) is 8.72. The van der Waals surface area contributed by atoms with Gasteiger partial charge in [-0.05, 0) is 56.2 Å². The van der Waals surface area contributed by atoms with Crippen LogP contribution in [-0.2, 0) is 9.59 Å². The van der Waals surface area contributed by atoms with Crippen molar-refractivity contribution < 1.29 is 14.4 Å². The van der Waals surface area contributed by atoms with E-state index in [1.165, 1.54) is 11.3 Å². The summed E-state index contributed by atoms with van der Waals surface area (Å²) in [7, 11) is 0. The molecule has 35 heavy (non-hydrogen) atoms. The van der Waals surface area contributed by atoms with Crippen LogP contribution in [0.1, 0.15) is 60.0 Å². The molecular formula is C26H29N5O3S. The minimum absolute atomic E-state index is 0.0140. The molecule has 1 saturated heterocycles. The smallest absolute Gasteiger partial charge is 0.257 e. The van der Waals surface area contributed by atoms with Crippen LogP contribution in [0.5, 0.6) is 0 Å². The first-order valence-corrected chi connectivity index (χ1v) is 12.6. The molecule has 0 saturated carbocycles. The first kappa shape index (κ1) is 24.5. The minimum atomic E-state index is -0.311. The number of nitrogens with zero attached hydrogens (tertiary/aromatic N) is 3. The van der Waals surface area contributed by atoms with Crippen LogP contribution < -0.4 is 15.5 Å². The van der Waals surface area contributed by atoms with Gasteiger partial charge in [-0.3, -0.25) is 19.7 Å². The fraction of sp³-hybridized carbons (Fsp3) is 0.346. The summed E-state index contributed by atoms with van der Waals surface area (Å²) >= 11 is 1.28. The number of anilines is 3. The first-order chi connectivity index (χ1) is 16.9. The van der Waals surface area contributed by atoms with E-state index in [2.05, 4.69) is 20.8 Å². The number of hydrogen-bond donors (Lipinski definition) is 2. The topological polar surface area (TPSA) is 104 Å². The van der Waals surface area contributed by atoms with Gasteiger partial charge in [0, 0.05) is 41.7 Å². The Hall–Kier alpha value is -3.59. The molecule has 1 fully saturated rings. The highest BCUT2D eigenvalue weighted by Gasteiger charge is 2.34. The summed E-state index contributed by atoms with van der Waals surface area (Å²) in [5, 5.41) is 15.1. The highest BCUT2D eigenvalue weighted by molar-refractivity contribution is 7.15. The number of benzene rings is 2. The summed E-state index contributed by atoms with van der Waals surface area (Å²) in [5.41, 5.74) is 3.12. The van der Waals surface area contributed by atoms with Crippen LogP contribution in [0.2, 0.25) is 0 Å². The maximum absolute atomic E-state index is 12.7. The summed E-state index contributed by atoms with van der Waals surface area (Å²) in [6, 6.07) is 14.6. The third-order valence-electron chi connectivity index (χ3n) is 6.25. The Labute approximate surface area is 208 Å². The van der Waals surface area contributed by atoms with Crippen molar-refractivity contribution in [1.82, 2.24) is 10.2 Å². The molecule has 1 aromatic heterocycles. The summed E-state index contributed by atoms with van der Waals surface area (Å²) in [4.78, 5) is 39.3. The van der Waals surface area contributed by atoms with Gasteiger partial charge in [0.2, 0.25) is 16.9 Å². The van der Waals surface area contributed by atoms with Crippen LogP contribution in [0.15, 0.2) is 48.5 Å². The first-order valence-electron chi connectivity index (χ1n) is 11.8. The molecule has 2 aromatic carbocycles. The normalized spacial score (nSPS) is 15.5. The average Bonchev–Trinajstić information content (AvgIpc) is 3.47. The summed E-state index contributed by atoms with van der Waals surface area (Å²) < 4.78 is 0. The van der Waals surface area contributed by atoms with Crippen LogP contribution in [-0.4, -0.2) is 34.5 Å². The van der Waals surface area contributed by atoms with Gasteiger partial charge >= 0.3 is 0 Å². The lowest BCUT2D eigenvalue weighted by Crippen LogP contribution is -2.24. The maximum atomic E-state index is 12.7. The number of aromatic nitrogens is 2. The van der Waals surface area contributed by atoms with Gasteiger partial charge in [-0.2, -0.15) is 0 Å². The Morgan fingerprint density at radius 3 is 2.37 bits per heavy atom. The lowest BCUT2D eigenvalue weighted by molar-refractivity contribution is -0.120. The summed E-state index contributed by atoms with van der Waals surface area (Å²) in [6.45, 7) is 6.53. The number of nitrogens with one attached hydrogen (secondary N) is 2. The van der Waals surface area contributed by atoms with Gasteiger partial charge < -0.3 is 10.2 Å². The van der Waals surface area contributed by atoms with Crippen LogP contribution in [0.3, 0.4) is 0 Å². The molecule has 4 rings (SSSR count). The lowest BCUT2D eigenvalue weighted by atomic mass is 10.0. The van der Waals surface area contributed by atoms with Gasteiger partial charge in [0.15, 0.2) is 0 Å². The largest absolute Gasteiger partial charge is 0.326 e. The molecule has 2 heterocycles. The number of carbonyl (C=O) groups excluding carboxylic acids is 3. The highest BCUT2D eigenvalue weighted by Crippen LogP contribution is 2.34. The second kappa shape index (κ2) is 10.8. The molecule has 8 nitrogen and oxygen atoms in total. The number of rotatable bonds is 8. The predicted octanol–water partition coefficient (Wildman–Crippen LogP) is 4.99. The van der Waals surface area contributed by atoms with E-state index in [0.29, 0.717) is 29.3 Å². The molecule has 0 spiro atoms. The fourth-order valence-corrected chi connectivity index (χ4v) is 4.90. The zero-order valence-electron chi connectivity index (χ0n) is 20.1. The standard InChI is InChI=1S/C26H29N5O3S/c1-4-17(5-2)23(33)27-20-10-8-18(9-11-20)24(34)28-26-30-29-25(35-26)19-14-22(32)31(15-19)21-12-6-16(3)7-13-21/h6-13,17,19H,4-5,14-15H2,1-3H3,(H,27,33)(H,28,30,34)/t19-/m1/s1. The minimum Gasteiger partial charge on any atom is -0.326 e. The number of amides is 3. The van der Waals surface area contributed by atoms with Gasteiger partial charge in [0.25, 0.3) is 5.91 Å². The van der Waals surface area contributed by atoms with Gasteiger partial charge in [0.05, 0.1) is 0 Å². The maximum Gasteiger partial charge on any atom is 0.257 e. The van der Waals surface area contributed by atoms with Crippen molar-refractivity contribution >= 4 is 45.6 Å². The van der Waals surface area contributed by atoms with Gasteiger partial charge in [-0.15, -0.1) is 10.2 Å². The molecule has 2 N–H and O–H groups in total. The highest BCUT2D eigenvalue weighted by atomic mass is 32.1. The quantitative estimate of drug-likeness (QED) is 0.462. The molecule has 0 radical (unpaired) electrons. The Kier molecular flexibility index (Phi) is 7.55. The van der Waals surface area contributed by atoms with Crippen molar-refractivity contribution in [3.05, 3.63) is 64.7 Å². The van der Waals surface area contributed by atoms with Crippen molar-refractivity contribution in [2.75, 3.05) is 22.1 Å². The van der Waals surface area contributed by atoms with Gasteiger partial charge in [0.1, 0.15) is 5.01 Å². The second-order valence-corrected chi connectivity index (χ2v) is 9.73. The van der Waals surface area contributed by atoms with E-state index in [1.54, 1.807) is 29.2 Å². The van der Waals surface area contributed by atoms with Crippen molar-refractivity contribution in [2.24, 2.45) is 5.92 Å². The Morgan fingerprint density at radius 1 is 1.03 bits per heavy atom. The third-order valence-corrected chi connectivity index (χ3v) is 7.25. The Bertz CT molecular complexity index is 1200. The van der Waals surface area contributed by atoms with E-state index in [9.17, 15) is 14.4 Å². The van der Waals surface area contributed by atoms with E-state index in [-0.39, 0.29) is 29.6 Å². The van der Waals surface area contributed by atoms with Crippen LogP contribution in [0.25, 0.3) is 0 Å². The van der Waals surface area contributed by atoms with Crippen LogP contribution in [0.4, 0.5) is 16.5 Å². The molecule has 182 valence electrons. The molecular weight excluding hydrogens is 462 g/mol. The van der Waals surface area contributed by atoms with Crippen molar-refractivity contribution in [3.63, 3.8) is 0 Å². The molecule has 1 aliphatic rings. The molecule has 0 unspecified atom stereocenters. The van der Waals surface area contributed by atoms with E-state index < -0.39 is 0 Å². The molecule has 1 aliphatic heterocycles. The number of hydrogen-bond acceptors (Lipinski definition) is 6. The van der Waals surface area contributed by atoms with Gasteiger partial charge in [-0.1, -0.05) is 42.9 Å². The molecule has 0 bridgehead atoms.